The van der Waals surface area contributed by atoms with E-state index in [0.29, 0.717) is 6.61 Å². The third kappa shape index (κ3) is 4.32. The minimum absolute atomic E-state index is 0.609. The van der Waals surface area contributed by atoms with Gasteiger partial charge in [-0.15, -0.1) is 0 Å². The Balaban J connectivity index is 1.58. The number of nitrogens with one attached hydrogen (secondary N) is 1. The number of halogens is 1. The van der Waals surface area contributed by atoms with E-state index in [1.54, 1.807) is 0 Å². The van der Waals surface area contributed by atoms with Crippen LogP contribution in [0.25, 0.3) is 0 Å². The molecule has 2 aromatic rings. The average Bonchev–Trinajstić information content (AvgIpc) is 3.31. The highest BCUT2D eigenvalue weighted by Crippen LogP contribution is 2.22. The van der Waals surface area contributed by atoms with Gasteiger partial charge >= 0.3 is 0 Å². The summed E-state index contributed by atoms with van der Waals surface area (Å²) in [6.07, 6.45) is 2.65. The van der Waals surface area contributed by atoms with Gasteiger partial charge in [-0.2, -0.15) is 0 Å². The van der Waals surface area contributed by atoms with E-state index in [1.807, 2.05) is 12.1 Å². The molecular weight excluding hydrogens is 326 g/mol. The lowest BCUT2D eigenvalue weighted by molar-refractivity contribution is 0.306. The van der Waals surface area contributed by atoms with Crippen molar-refractivity contribution in [3.63, 3.8) is 0 Å². The van der Waals surface area contributed by atoms with Crippen molar-refractivity contribution in [2.75, 3.05) is 0 Å². The van der Waals surface area contributed by atoms with E-state index < -0.39 is 0 Å². The predicted octanol–water partition coefficient (Wildman–Crippen LogP) is 4.59. The van der Waals surface area contributed by atoms with Crippen LogP contribution in [0.15, 0.2) is 46.9 Å². The van der Waals surface area contributed by atoms with Gasteiger partial charge in [0.1, 0.15) is 12.4 Å². The second-order valence-corrected chi connectivity index (χ2v) is 6.53. The van der Waals surface area contributed by atoms with Crippen LogP contribution >= 0.6 is 15.9 Å². The van der Waals surface area contributed by atoms with Gasteiger partial charge in [0.2, 0.25) is 0 Å². The van der Waals surface area contributed by atoms with Crippen LogP contribution in [0.2, 0.25) is 0 Å². The molecule has 0 radical (unpaired) electrons. The zero-order valence-corrected chi connectivity index (χ0v) is 13.8. The van der Waals surface area contributed by atoms with Gasteiger partial charge in [0.25, 0.3) is 0 Å². The fourth-order valence-electron chi connectivity index (χ4n) is 2.25. The van der Waals surface area contributed by atoms with E-state index in [2.05, 4.69) is 58.5 Å². The standard InChI is InChI=1S/C18H20BrNO/c1-13-9-17(7-8-18(13)19)21-12-15-4-2-3-14(10-15)11-20-16-5-6-16/h2-4,7-10,16,20H,5-6,11-12H2,1H3. The van der Waals surface area contributed by atoms with Gasteiger partial charge in [0.05, 0.1) is 0 Å². The van der Waals surface area contributed by atoms with Crippen LogP contribution in [0.4, 0.5) is 0 Å². The van der Waals surface area contributed by atoms with Crippen molar-refractivity contribution in [2.24, 2.45) is 0 Å². The van der Waals surface area contributed by atoms with Gasteiger partial charge in [0, 0.05) is 17.1 Å². The molecule has 1 N–H and O–H groups in total. The number of benzene rings is 2. The molecule has 0 atom stereocenters. The summed E-state index contributed by atoms with van der Waals surface area (Å²) >= 11 is 3.51. The molecule has 2 aromatic carbocycles. The normalized spacial score (nSPS) is 14.2. The summed E-state index contributed by atoms with van der Waals surface area (Å²) in [7, 11) is 0. The molecule has 2 nitrogen and oxygen atoms in total. The summed E-state index contributed by atoms with van der Waals surface area (Å²) in [5, 5.41) is 3.54. The van der Waals surface area contributed by atoms with Crippen LogP contribution in [-0.4, -0.2) is 6.04 Å². The topological polar surface area (TPSA) is 21.3 Å². The first-order valence-electron chi connectivity index (χ1n) is 7.41. The molecule has 1 aliphatic rings. The van der Waals surface area contributed by atoms with E-state index in [1.165, 1.54) is 29.5 Å². The van der Waals surface area contributed by atoms with Crippen LogP contribution < -0.4 is 10.1 Å². The van der Waals surface area contributed by atoms with E-state index in [0.717, 1.165) is 22.8 Å². The van der Waals surface area contributed by atoms with Crippen LogP contribution in [0.5, 0.6) is 5.75 Å². The monoisotopic (exact) mass is 345 g/mol. The second-order valence-electron chi connectivity index (χ2n) is 5.67. The molecule has 0 heterocycles. The van der Waals surface area contributed by atoms with Crippen molar-refractivity contribution in [3.05, 3.63) is 63.6 Å². The second kappa shape index (κ2) is 6.63. The van der Waals surface area contributed by atoms with Gasteiger partial charge in [0.15, 0.2) is 0 Å². The largest absolute Gasteiger partial charge is 0.489 e. The number of ether oxygens (including phenoxy) is 1. The Morgan fingerprint density at radius 2 is 1.95 bits per heavy atom. The molecule has 0 saturated heterocycles. The van der Waals surface area contributed by atoms with Crippen LogP contribution in [-0.2, 0) is 13.2 Å². The SMILES string of the molecule is Cc1cc(OCc2cccc(CNC3CC3)c2)ccc1Br. The van der Waals surface area contributed by atoms with Crippen LogP contribution in [0, 0.1) is 6.92 Å². The molecule has 1 fully saturated rings. The molecular formula is C18H20BrNO. The first-order valence-corrected chi connectivity index (χ1v) is 8.20. The van der Waals surface area contributed by atoms with Crippen molar-refractivity contribution < 1.29 is 4.74 Å². The van der Waals surface area contributed by atoms with E-state index in [9.17, 15) is 0 Å². The maximum atomic E-state index is 5.88. The van der Waals surface area contributed by atoms with Crippen LogP contribution in [0.1, 0.15) is 29.5 Å². The highest BCUT2D eigenvalue weighted by Gasteiger charge is 2.19. The molecule has 0 spiro atoms. The summed E-state index contributed by atoms with van der Waals surface area (Å²) in [6, 6.07) is 15.4. The summed E-state index contributed by atoms with van der Waals surface area (Å²) in [5.41, 5.74) is 3.73. The fraction of sp³-hybridized carbons (Fsp3) is 0.333. The van der Waals surface area contributed by atoms with Crippen molar-refractivity contribution in [1.29, 1.82) is 0 Å². The lowest BCUT2D eigenvalue weighted by atomic mass is 10.1. The number of aryl methyl sites for hydroxylation is 1. The lowest BCUT2D eigenvalue weighted by Gasteiger charge is -2.09. The Labute approximate surface area is 134 Å². The van der Waals surface area contributed by atoms with Crippen molar-refractivity contribution in [3.8, 4) is 5.75 Å². The zero-order valence-electron chi connectivity index (χ0n) is 12.2. The van der Waals surface area contributed by atoms with E-state index in [4.69, 9.17) is 4.74 Å². The van der Waals surface area contributed by atoms with Crippen LogP contribution in [0.3, 0.4) is 0 Å². The highest BCUT2D eigenvalue weighted by molar-refractivity contribution is 9.10. The molecule has 0 unspecified atom stereocenters. The van der Waals surface area contributed by atoms with Gasteiger partial charge < -0.3 is 10.1 Å². The minimum Gasteiger partial charge on any atom is -0.489 e. The molecule has 0 aromatic heterocycles. The Bertz CT molecular complexity index is 622. The molecule has 1 aliphatic carbocycles. The predicted molar refractivity (Wildman–Crippen MR) is 89.5 cm³/mol. The third-order valence-corrected chi connectivity index (χ3v) is 4.59. The fourth-order valence-corrected chi connectivity index (χ4v) is 2.50. The van der Waals surface area contributed by atoms with Crippen molar-refractivity contribution in [1.82, 2.24) is 5.32 Å². The molecule has 3 heteroatoms. The number of rotatable bonds is 6. The van der Waals surface area contributed by atoms with Gasteiger partial charge in [-0.05, 0) is 54.7 Å². The Hall–Kier alpha value is -1.32. The quantitative estimate of drug-likeness (QED) is 0.826. The van der Waals surface area contributed by atoms with Gasteiger partial charge in [-0.1, -0.05) is 40.2 Å². The van der Waals surface area contributed by atoms with E-state index >= 15 is 0 Å². The molecule has 1 saturated carbocycles. The number of hydrogen-bond acceptors (Lipinski definition) is 2. The smallest absolute Gasteiger partial charge is 0.120 e. The molecule has 110 valence electrons. The van der Waals surface area contributed by atoms with Crippen molar-refractivity contribution >= 4 is 15.9 Å². The Morgan fingerprint density at radius 3 is 2.71 bits per heavy atom. The lowest BCUT2D eigenvalue weighted by Crippen LogP contribution is -2.15. The van der Waals surface area contributed by atoms with Gasteiger partial charge in [-0.25, -0.2) is 0 Å². The molecule has 0 amide bonds. The maximum absolute atomic E-state index is 5.88. The van der Waals surface area contributed by atoms with Gasteiger partial charge in [-0.3, -0.25) is 0 Å². The van der Waals surface area contributed by atoms with E-state index in [-0.39, 0.29) is 0 Å². The molecule has 3 rings (SSSR count). The molecule has 0 aliphatic heterocycles. The summed E-state index contributed by atoms with van der Waals surface area (Å²) in [4.78, 5) is 0. The third-order valence-electron chi connectivity index (χ3n) is 3.70. The Kier molecular flexibility index (Phi) is 4.61. The summed E-state index contributed by atoms with van der Waals surface area (Å²) in [5.74, 6) is 0.914. The highest BCUT2D eigenvalue weighted by atomic mass is 79.9. The first-order chi connectivity index (χ1) is 10.2. The first kappa shape index (κ1) is 14.6. The maximum Gasteiger partial charge on any atom is 0.120 e. The average molecular weight is 346 g/mol. The Morgan fingerprint density at radius 1 is 1.14 bits per heavy atom. The zero-order chi connectivity index (χ0) is 14.7. The summed E-state index contributed by atoms with van der Waals surface area (Å²) in [6.45, 7) is 3.63. The molecule has 21 heavy (non-hydrogen) atoms. The summed E-state index contributed by atoms with van der Waals surface area (Å²) < 4.78 is 6.99. The number of hydrogen-bond donors (Lipinski definition) is 1. The molecule has 0 bridgehead atoms. The van der Waals surface area contributed by atoms with Crippen molar-refractivity contribution in [2.45, 2.75) is 39.0 Å². The minimum atomic E-state index is 0.609.